The summed E-state index contributed by atoms with van der Waals surface area (Å²) in [7, 11) is 0. The highest BCUT2D eigenvalue weighted by molar-refractivity contribution is 6.31. The molecule has 0 spiro atoms. The van der Waals surface area contributed by atoms with Crippen molar-refractivity contribution in [3.8, 4) is 11.6 Å². The predicted octanol–water partition coefficient (Wildman–Crippen LogP) is 4.85. The lowest BCUT2D eigenvalue weighted by Crippen LogP contribution is -2.19. The van der Waals surface area contributed by atoms with Crippen molar-refractivity contribution in [1.29, 1.82) is 0 Å². The van der Waals surface area contributed by atoms with Gasteiger partial charge in [0.2, 0.25) is 11.6 Å². The molecule has 4 aromatic heterocycles. The van der Waals surface area contributed by atoms with Crippen LogP contribution >= 0.6 is 11.6 Å². The average Bonchev–Trinajstić information content (AvgIpc) is 3.63. The van der Waals surface area contributed by atoms with E-state index in [1.807, 2.05) is 18.2 Å². The Balaban J connectivity index is 1.41. The first-order chi connectivity index (χ1) is 18.1. The fourth-order valence-corrected chi connectivity index (χ4v) is 4.37. The third-order valence-corrected chi connectivity index (χ3v) is 6.16. The van der Waals surface area contributed by atoms with E-state index >= 15 is 0 Å². The Kier molecular flexibility index (Phi) is 5.78. The molecule has 0 saturated heterocycles. The van der Waals surface area contributed by atoms with Gasteiger partial charge >= 0.3 is 0 Å². The van der Waals surface area contributed by atoms with Crippen LogP contribution < -0.4 is 11.1 Å². The Hall–Kier alpha value is -4.70. The topological polar surface area (TPSA) is 129 Å². The molecule has 0 saturated carbocycles. The van der Waals surface area contributed by atoms with Crippen LogP contribution in [0.2, 0.25) is 5.02 Å². The van der Waals surface area contributed by atoms with Crippen LogP contribution in [0.5, 0.6) is 0 Å². The molecule has 0 atom stereocenters. The fourth-order valence-electron chi connectivity index (χ4n) is 4.18. The van der Waals surface area contributed by atoms with Crippen LogP contribution in [0.1, 0.15) is 22.6 Å². The van der Waals surface area contributed by atoms with E-state index in [4.69, 9.17) is 21.8 Å². The summed E-state index contributed by atoms with van der Waals surface area (Å²) in [5.74, 6) is 0.656. The van der Waals surface area contributed by atoms with Gasteiger partial charge in [-0.25, -0.2) is 14.6 Å². The summed E-state index contributed by atoms with van der Waals surface area (Å²) in [5, 5.41) is 12.9. The monoisotopic (exact) mass is 512 g/mol. The average molecular weight is 513 g/mol. The Morgan fingerprint density at radius 3 is 2.68 bits per heavy atom. The molecule has 37 heavy (non-hydrogen) atoms. The van der Waals surface area contributed by atoms with Crippen LogP contribution in [0.4, 0.5) is 11.5 Å². The molecule has 11 heteroatoms. The van der Waals surface area contributed by atoms with Gasteiger partial charge in [-0.15, -0.1) is 5.10 Å². The number of halogens is 1. The fraction of sp³-hybridized carbons (Fsp3) is 0.115. The van der Waals surface area contributed by atoms with Gasteiger partial charge in [-0.1, -0.05) is 48.0 Å². The summed E-state index contributed by atoms with van der Waals surface area (Å²) in [6.45, 7) is 0.576. The number of anilines is 2. The zero-order chi connectivity index (χ0) is 25.4. The Bertz CT molecular complexity index is 1720. The summed E-state index contributed by atoms with van der Waals surface area (Å²) < 4.78 is 8.54. The maximum Gasteiger partial charge on any atom is 0.293 e. The number of amides is 1. The molecular formula is C26H21ClN8O2. The lowest BCUT2D eigenvalue weighted by molar-refractivity contribution is 0.101. The van der Waals surface area contributed by atoms with Crippen LogP contribution in [-0.4, -0.2) is 35.3 Å². The number of carbonyl (C=O) groups excluding carboxylic acids is 1. The molecule has 1 amide bonds. The standard InChI is InChI=1S/C26H21ClN8O2/c27-17-10-4-11-18(15-17)29-26(36)25-31-23-20(24-30-22(33-35(24)25)19-12-6-14-37-19)21(28)34(32-23)13-5-9-16-7-2-1-3-8-16/h1-4,6-8,10-12,14-15H,5,9,13,28H2,(H,29,36). The number of nitrogen functional groups attached to an aromatic ring is 1. The molecule has 0 aliphatic rings. The van der Waals surface area contributed by atoms with Gasteiger partial charge in [-0.3, -0.25) is 4.79 Å². The number of aromatic nitrogens is 6. The van der Waals surface area contributed by atoms with Crippen molar-refractivity contribution in [3.63, 3.8) is 0 Å². The van der Waals surface area contributed by atoms with Gasteiger partial charge in [0.25, 0.3) is 5.91 Å². The first kappa shape index (κ1) is 22.7. The van der Waals surface area contributed by atoms with Crippen molar-refractivity contribution in [2.75, 3.05) is 11.1 Å². The number of carbonyl (C=O) groups is 1. The lowest BCUT2D eigenvalue weighted by Gasteiger charge is -2.06. The second-order valence-electron chi connectivity index (χ2n) is 8.44. The molecule has 3 N–H and O–H groups in total. The maximum absolute atomic E-state index is 13.3. The SMILES string of the molecule is Nc1c2c(nc(C(=O)Nc3cccc(Cl)c3)n3nc(-c4ccco4)nc23)nn1CCCc1ccccc1. The van der Waals surface area contributed by atoms with Crippen LogP contribution in [0.15, 0.2) is 77.4 Å². The van der Waals surface area contributed by atoms with E-state index in [1.165, 1.54) is 16.3 Å². The number of hydrogen-bond acceptors (Lipinski definition) is 7. The molecular weight excluding hydrogens is 492 g/mol. The van der Waals surface area contributed by atoms with Crippen molar-refractivity contribution in [2.24, 2.45) is 0 Å². The van der Waals surface area contributed by atoms with Gasteiger partial charge in [0.15, 0.2) is 17.1 Å². The number of nitrogens with one attached hydrogen (secondary N) is 1. The van der Waals surface area contributed by atoms with Crippen LogP contribution in [-0.2, 0) is 13.0 Å². The van der Waals surface area contributed by atoms with Gasteiger partial charge in [0.1, 0.15) is 11.2 Å². The van der Waals surface area contributed by atoms with Crippen LogP contribution in [0, 0.1) is 0 Å². The third-order valence-electron chi connectivity index (χ3n) is 5.92. The molecule has 0 unspecified atom stereocenters. The minimum absolute atomic E-state index is 0.00159. The van der Waals surface area contributed by atoms with Crippen LogP contribution in [0.25, 0.3) is 28.3 Å². The van der Waals surface area contributed by atoms with Gasteiger partial charge in [0, 0.05) is 17.3 Å². The second kappa shape index (κ2) is 9.40. The van der Waals surface area contributed by atoms with Gasteiger partial charge < -0.3 is 15.5 Å². The Morgan fingerprint density at radius 1 is 1.03 bits per heavy atom. The van der Waals surface area contributed by atoms with E-state index in [-0.39, 0.29) is 5.82 Å². The molecule has 0 fully saturated rings. The van der Waals surface area contributed by atoms with Crippen molar-refractivity contribution in [1.82, 2.24) is 29.4 Å². The first-order valence-electron chi connectivity index (χ1n) is 11.6. The largest absolute Gasteiger partial charge is 0.461 e. The summed E-state index contributed by atoms with van der Waals surface area (Å²) in [5.41, 5.74) is 8.94. The van der Waals surface area contributed by atoms with Crippen molar-refractivity contribution < 1.29 is 9.21 Å². The number of fused-ring (bicyclic) bond motifs is 3. The van der Waals surface area contributed by atoms with E-state index in [1.54, 1.807) is 41.1 Å². The van der Waals surface area contributed by atoms with E-state index in [0.717, 1.165) is 12.8 Å². The molecule has 4 heterocycles. The molecule has 6 rings (SSSR count). The summed E-state index contributed by atoms with van der Waals surface area (Å²) in [6, 6.07) is 20.5. The Morgan fingerprint density at radius 2 is 1.89 bits per heavy atom. The molecule has 0 aliphatic carbocycles. The highest BCUT2D eigenvalue weighted by Crippen LogP contribution is 2.27. The summed E-state index contributed by atoms with van der Waals surface area (Å²) in [6.07, 6.45) is 3.23. The first-order valence-corrected chi connectivity index (χ1v) is 12.0. The molecule has 0 radical (unpaired) electrons. The second-order valence-corrected chi connectivity index (χ2v) is 8.88. The zero-order valence-corrected chi connectivity index (χ0v) is 20.3. The highest BCUT2D eigenvalue weighted by Gasteiger charge is 2.24. The van der Waals surface area contributed by atoms with Crippen LogP contribution in [0.3, 0.4) is 0 Å². The molecule has 0 bridgehead atoms. The van der Waals surface area contributed by atoms with Crippen molar-refractivity contribution in [3.05, 3.63) is 89.4 Å². The normalized spacial score (nSPS) is 11.4. The Labute approximate surface area is 215 Å². The quantitative estimate of drug-likeness (QED) is 0.312. The minimum atomic E-state index is -0.498. The van der Waals surface area contributed by atoms with E-state index < -0.39 is 5.91 Å². The number of rotatable bonds is 7. The smallest absolute Gasteiger partial charge is 0.293 e. The molecule has 6 aromatic rings. The summed E-state index contributed by atoms with van der Waals surface area (Å²) >= 11 is 6.08. The molecule has 10 nitrogen and oxygen atoms in total. The number of aryl methyl sites for hydroxylation is 2. The lowest BCUT2D eigenvalue weighted by atomic mass is 10.1. The maximum atomic E-state index is 13.3. The van der Waals surface area contributed by atoms with E-state index in [0.29, 0.717) is 51.3 Å². The number of nitrogens with zero attached hydrogens (tertiary/aromatic N) is 6. The molecule has 184 valence electrons. The number of furan rings is 1. The molecule has 2 aromatic carbocycles. The van der Waals surface area contributed by atoms with E-state index in [2.05, 4.69) is 37.6 Å². The number of hydrogen-bond donors (Lipinski definition) is 2. The van der Waals surface area contributed by atoms with Gasteiger partial charge in [-0.2, -0.15) is 9.61 Å². The molecule has 0 aliphatic heterocycles. The summed E-state index contributed by atoms with van der Waals surface area (Å²) in [4.78, 5) is 22.5. The number of benzene rings is 2. The van der Waals surface area contributed by atoms with Crippen molar-refractivity contribution >= 4 is 45.7 Å². The third kappa shape index (κ3) is 4.38. The highest BCUT2D eigenvalue weighted by atomic mass is 35.5. The predicted molar refractivity (Wildman–Crippen MR) is 140 cm³/mol. The van der Waals surface area contributed by atoms with E-state index in [9.17, 15) is 4.79 Å². The van der Waals surface area contributed by atoms with Crippen molar-refractivity contribution in [2.45, 2.75) is 19.4 Å². The zero-order valence-electron chi connectivity index (χ0n) is 19.5. The van der Waals surface area contributed by atoms with Gasteiger partial charge in [0.05, 0.1) is 6.26 Å². The minimum Gasteiger partial charge on any atom is -0.461 e. The number of nitrogens with two attached hydrogens (primary N) is 1. The van der Waals surface area contributed by atoms with Gasteiger partial charge in [-0.05, 0) is 48.7 Å².